The summed E-state index contributed by atoms with van der Waals surface area (Å²) < 4.78 is 26.8. The summed E-state index contributed by atoms with van der Waals surface area (Å²) in [6.45, 7) is 3.23. The maximum atomic E-state index is 12.6. The molecule has 0 aliphatic carbocycles. The number of nitrogens with zero attached hydrogens (tertiary/aromatic N) is 1. The SMILES string of the molecule is CC(N)CC(=O)NCc1cccc(S(=O)(=O)N2CCCCC2)c1.Cl. The highest BCUT2D eigenvalue weighted by Gasteiger charge is 2.25. The Morgan fingerprint density at radius 2 is 1.96 bits per heavy atom. The van der Waals surface area contributed by atoms with Crippen molar-refractivity contribution in [1.82, 2.24) is 9.62 Å². The van der Waals surface area contributed by atoms with Crippen LogP contribution in [0.3, 0.4) is 0 Å². The molecular weight excluding hydrogens is 350 g/mol. The van der Waals surface area contributed by atoms with Gasteiger partial charge in [0.25, 0.3) is 0 Å². The van der Waals surface area contributed by atoms with Crippen molar-refractivity contribution in [2.75, 3.05) is 13.1 Å². The third-order valence-electron chi connectivity index (χ3n) is 3.85. The molecule has 1 aliphatic heterocycles. The van der Waals surface area contributed by atoms with Gasteiger partial charge in [0.2, 0.25) is 15.9 Å². The van der Waals surface area contributed by atoms with Crippen LogP contribution in [0.25, 0.3) is 0 Å². The van der Waals surface area contributed by atoms with Gasteiger partial charge in [0.05, 0.1) is 4.90 Å². The highest BCUT2D eigenvalue weighted by Crippen LogP contribution is 2.21. The molecule has 0 spiro atoms. The van der Waals surface area contributed by atoms with Crippen LogP contribution in [0.4, 0.5) is 0 Å². The average Bonchev–Trinajstić information content (AvgIpc) is 2.53. The maximum absolute atomic E-state index is 12.6. The molecule has 1 amide bonds. The molecule has 6 nitrogen and oxygen atoms in total. The van der Waals surface area contributed by atoms with Crippen molar-refractivity contribution in [3.05, 3.63) is 29.8 Å². The van der Waals surface area contributed by atoms with E-state index in [9.17, 15) is 13.2 Å². The normalized spacial score (nSPS) is 16.9. The fourth-order valence-electron chi connectivity index (χ4n) is 2.64. The van der Waals surface area contributed by atoms with Gasteiger partial charge in [0.1, 0.15) is 0 Å². The minimum atomic E-state index is -3.44. The Morgan fingerprint density at radius 1 is 1.29 bits per heavy atom. The number of nitrogens with one attached hydrogen (secondary N) is 1. The van der Waals surface area contributed by atoms with Gasteiger partial charge in [-0.15, -0.1) is 12.4 Å². The Hall–Kier alpha value is -1.15. The first-order valence-corrected chi connectivity index (χ1v) is 9.45. The van der Waals surface area contributed by atoms with Crippen LogP contribution in [-0.2, 0) is 21.4 Å². The zero-order chi connectivity index (χ0) is 16.9. The van der Waals surface area contributed by atoms with Crippen molar-refractivity contribution >= 4 is 28.3 Å². The van der Waals surface area contributed by atoms with Crippen molar-refractivity contribution < 1.29 is 13.2 Å². The second-order valence-electron chi connectivity index (χ2n) is 6.07. The Morgan fingerprint density at radius 3 is 2.58 bits per heavy atom. The van der Waals surface area contributed by atoms with Crippen LogP contribution < -0.4 is 11.1 Å². The summed E-state index contributed by atoms with van der Waals surface area (Å²) in [6.07, 6.45) is 3.15. The molecular formula is C16H26ClN3O3S. The fraction of sp³-hybridized carbons (Fsp3) is 0.562. The van der Waals surface area contributed by atoms with Gasteiger partial charge in [-0.1, -0.05) is 18.6 Å². The highest BCUT2D eigenvalue weighted by atomic mass is 35.5. The lowest BCUT2D eigenvalue weighted by Crippen LogP contribution is -2.35. The quantitative estimate of drug-likeness (QED) is 0.790. The first-order chi connectivity index (χ1) is 10.9. The molecule has 0 aromatic heterocycles. The molecule has 3 N–H and O–H groups in total. The summed E-state index contributed by atoms with van der Waals surface area (Å²) in [5.74, 6) is -0.135. The standard InChI is InChI=1S/C16H25N3O3S.ClH/c1-13(17)10-16(20)18-12-14-6-5-7-15(11-14)23(21,22)19-8-3-2-4-9-19;/h5-7,11,13H,2-4,8-10,12,17H2,1H3,(H,18,20);1H. The predicted octanol–water partition coefficient (Wildman–Crippen LogP) is 1.64. The van der Waals surface area contributed by atoms with Crippen LogP contribution >= 0.6 is 12.4 Å². The van der Waals surface area contributed by atoms with E-state index in [1.54, 1.807) is 35.5 Å². The summed E-state index contributed by atoms with van der Waals surface area (Å²) in [4.78, 5) is 11.9. The molecule has 1 saturated heterocycles. The van der Waals surface area contributed by atoms with Crippen LogP contribution in [0, 0.1) is 0 Å². The molecule has 0 bridgehead atoms. The fourth-order valence-corrected chi connectivity index (χ4v) is 4.22. The largest absolute Gasteiger partial charge is 0.352 e. The molecule has 0 saturated carbocycles. The third kappa shape index (κ3) is 5.73. The highest BCUT2D eigenvalue weighted by molar-refractivity contribution is 7.89. The van der Waals surface area contributed by atoms with Crippen LogP contribution in [0.15, 0.2) is 29.2 Å². The van der Waals surface area contributed by atoms with Gasteiger partial charge in [-0.3, -0.25) is 4.79 Å². The third-order valence-corrected chi connectivity index (χ3v) is 5.74. The lowest BCUT2D eigenvalue weighted by Gasteiger charge is -2.26. The molecule has 1 unspecified atom stereocenters. The smallest absolute Gasteiger partial charge is 0.243 e. The Balaban J connectivity index is 0.00000288. The molecule has 8 heteroatoms. The van der Waals surface area contributed by atoms with E-state index in [1.165, 1.54) is 0 Å². The number of sulfonamides is 1. The molecule has 1 aromatic carbocycles. The number of nitrogens with two attached hydrogens (primary N) is 1. The number of hydrogen-bond acceptors (Lipinski definition) is 4. The maximum Gasteiger partial charge on any atom is 0.243 e. The second-order valence-corrected chi connectivity index (χ2v) is 8.01. The zero-order valence-electron chi connectivity index (χ0n) is 13.9. The number of benzene rings is 1. The van der Waals surface area contributed by atoms with Crippen LogP contribution in [0.2, 0.25) is 0 Å². The van der Waals surface area contributed by atoms with Gasteiger partial charge < -0.3 is 11.1 Å². The average molecular weight is 376 g/mol. The van der Waals surface area contributed by atoms with Crippen molar-refractivity contribution in [3.63, 3.8) is 0 Å². The number of amides is 1. The predicted molar refractivity (Wildman–Crippen MR) is 96.4 cm³/mol. The lowest BCUT2D eigenvalue weighted by molar-refractivity contribution is -0.121. The van der Waals surface area contributed by atoms with Crippen LogP contribution in [0.5, 0.6) is 0 Å². The lowest BCUT2D eigenvalue weighted by atomic mass is 10.2. The number of carbonyl (C=O) groups excluding carboxylic acids is 1. The topological polar surface area (TPSA) is 92.5 Å². The van der Waals surface area contributed by atoms with E-state index in [4.69, 9.17) is 5.73 Å². The minimum absolute atomic E-state index is 0. The van der Waals surface area contributed by atoms with E-state index in [-0.39, 0.29) is 30.8 Å². The van der Waals surface area contributed by atoms with Crippen molar-refractivity contribution in [3.8, 4) is 0 Å². The van der Waals surface area contributed by atoms with Gasteiger partial charge in [-0.05, 0) is 37.5 Å². The van der Waals surface area contributed by atoms with E-state index >= 15 is 0 Å². The summed E-state index contributed by atoms with van der Waals surface area (Å²) in [5, 5.41) is 2.76. The van der Waals surface area contributed by atoms with Crippen LogP contribution in [-0.4, -0.2) is 37.8 Å². The zero-order valence-corrected chi connectivity index (χ0v) is 15.5. The first-order valence-electron chi connectivity index (χ1n) is 8.01. The summed E-state index contributed by atoms with van der Waals surface area (Å²) >= 11 is 0. The number of halogens is 1. The van der Waals surface area contributed by atoms with Crippen LogP contribution in [0.1, 0.15) is 38.2 Å². The molecule has 0 radical (unpaired) electrons. The molecule has 1 aromatic rings. The van der Waals surface area contributed by atoms with Crippen molar-refractivity contribution in [2.24, 2.45) is 5.73 Å². The van der Waals surface area contributed by atoms with Gasteiger partial charge >= 0.3 is 0 Å². The van der Waals surface area contributed by atoms with Gasteiger partial charge in [0.15, 0.2) is 0 Å². The van der Waals surface area contributed by atoms with E-state index < -0.39 is 10.0 Å². The number of piperidine rings is 1. The summed E-state index contributed by atoms with van der Waals surface area (Å²) in [5.41, 5.74) is 6.35. The number of hydrogen-bond donors (Lipinski definition) is 2. The molecule has 1 atom stereocenters. The molecule has 136 valence electrons. The monoisotopic (exact) mass is 375 g/mol. The molecule has 1 fully saturated rings. The van der Waals surface area contributed by atoms with Crippen molar-refractivity contribution in [1.29, 1.82) is 0 Å². The Labute approximate surface area is 150 Å². The van der Waals surface area contributed by atoms with E-state index in [0.29, 0.717) is 24.5 Å². The first kappa shape index (κ1) is 20.9. The molecule has 1 aliphatic rings. The number of rotatable bonds is 6. The number of carbonyl (C=O) groups is 1. The van der Waals surface area contributed by atoms with Crippen molar-refractivity contribution in [2.45, 2.75) is 50.1 Å². The van der Waals surface area contributed by atoms with Gasteiger partial charge in [-0.25, -0.2) is 8.42 Å². The minimum Gasteiger partial charge on any atom is -0.352 e. The Kier molecular flexibility index (Phi) is 8.15. The second kappa shape index (κ2) is 9.36. The van der Waals surface area contributed by atoms with E-state index in [0.717, 1.165) is 24.8 Å². The van der Waals surface area contributed by atoms with Gasteiger partial charge in [-0.2, -0.15) is 4.31 Å². The van der Waals surface area contributed by atoms with E-state index in [2.05, 4.69) is 5.32 Å². The van der Waals surface area contributed by atoms with E-state index in [1.807, 2.05) is 0 Å². The van der Waals surface area contributed by atoms with Gasteiger partial charge in [0, 0.05) is 32.1 Å². The molecule has 2 rings (SSSR count). The summed E-state index contributed by atoms with van der Waals surface area (Å²) in [7, 11) is -3.44. The summed E-state index contributed by atoms with van der Waals surface area (Å²) in [6, 6.07) is 6.57. The molecule has 24 heavy (non-hydrogen) atoms. The Bertz CT molecular complexity index is 644. The molecule has 1 heterocycles.